The van der Waals surface area contributed by atoms with Crippen LogP contribution in [0.1, 0.15) is 6.42 Å². The van der Waals surface area contributed by atoms with Crippen molar-refractivity contribution in [1.29, 1.82) is 0 Å². The fourth-order valence-electron chi connectivity index (χ4n) is 2.00. The Labute approximate surface area is 104 Å². The van der Waals surface area contributed by atoms with E-state index in [1.165, 1.54) is 0 Å². The highest BCUT2D eigenvalue weighted by atomic mass is 19.2. The second kappa shape index (κ2) is 4.67. The second-order valence-corrected chi connectivity index (χ2v) is 4.29. The third-order valence-corrected chi connectivity index (χ3v) is 2.92. The van der Waals surface area contributed by atoms with Crippen LogP contribution < -0.4 is 4.90 Å². The first-order valence-electron chi connectivity index (χ1n) is 5.31. The van der Waals surface area contributed by atoms with Gasteiger partial charge in [-0.25, -0.2) is 22.0 Å². The molecule has 3 nitrogen and oxygen atoms in total. The Balaban J connectivity index is 2.26. The molecular weight excluding hydrogens is 273 g/mol. The van der Waals surface area contributed by atoms with E-state index in [1.807, 2.05) is 0 Å². The zero-order valence-electron chi connectivity index (χ0n) is 9.39. The fourth-order valence-corrected chi connectivity index (χ4v) is 2.00. The maximum atomic E-state index is 13.4. The molecule has 8 heteroatoms. The van der Waals surface area contributed by atoms with E-state index in [0.29, 0.717) is 0 Å². The molecule has 1 aliphatic heterocycles. The first-order chi connectivity index (χ1) is 8.82. The Bertz CT molecular complexity index is 513. The lowest BCUT2D eigenvalue weighted by molar-refractivity contribution is -0.138. The minimum Gasteiger partial charge on any atom is -0.481 e. The minimum atomic E-state index is -2.21. The van der Waals surface area contributed by atoms with Gasteiger partial charge in [0.05, 0.1) is 6.42 Å². The van der Waals surface area contributed by atoms with Crippen molar-refractivity contribution in [3.63, 3.8) is 0 Å². The predicted octanol–water partition coefficient (Wildman–Crippen LogP) is 2.29. The summed E-state index contributed by atoms with van der Waals surface area (Å²) in [5.41, 5.74) is -1.00. The highest BCUT2D eigenvalue weighted by molar-refractivity contribution is 5.68. The van der Waals surface area contributed by atoms with E-state index in [2.05, 4.69) is 0 Å². The lowest BCUT2D eigenvalue weighted by Gasteiger charge is -2.40. The van der Waals surface area contributed by atoms with Gasteiger partial charge in [0, 0.05) is 19.0 Å². The molecule has 1 aliphatic rings. The quantitative estimate of drug-likeness (QED) is 0.525. The molecule has 1 fully saturated rings. The number of carboxylic acids is 1. The molecule has 1 aromatic carbocycles. The first kappa shape index (κ1) is 13.6. The number of benzene rings is 1. The number of hydrogen-bond donors (Lipinski definition) is 1. The van der Waals surface area contributed by atoms with E-state index in [-0.39, 0.29) is 25.4 Å². The molecule has 0 atom stereocenters. The van der Waals surface area contributed by atoms with Crippen molar-refractivity contribution in [2.45, 2.75) is 6.42 Å². The van der Waals surface area contributed by atoms with Gasteiger partial charge in [-0.1, -0.05) is 0 Å². The highest BCUT2D eigenvalue weighted by Gasteiger charge is 2.36. The lowest BCUT2D eigenvalue weighted by atomic mass is 9.95. The van der Waals surface area contributed by atoms with Gasteiger partial charge in [-0.2, -0.15) is 0 Å². The van der Waals surface area contributed by atoms with Crippen LogP contribution in [0.4, 0.5) is 27.6 Å². The molecule has 104 valence electrons. The average molecular weight is 281 g/mol. The van der Waals surface area contributed by atoms with Crippen molar-refractivity contribution >= 4 is 11.7 Å². The monoisotopic (exact) mass is 281 g/mol. The number of anilines is 1. The molecule has 0 amide bonds. The highest BCUT2D eigenvalue weighted by Crippen LogP contribution is 2.34. The molecule has 1 aromatic rings. The van der Waals surface area contributed by atoms with Crippen LogP contribution in [-0.2, 0) is 4.79 Å². The van der Waals surface area contributed by atoms with E-state index < -0.39 is 40.7 Å². The summed E-state index contributed by atoms with van der Waals surface area (Å²) < 4.78 is 65.5. The van der Waals surface area contributed by atoms with Gasteiger partial charge < -0.3 is 10.0 Å². The van der Waals surface area contributed by atoms with Crippen LogP contribution in [0.2, 0.25) is 0 Å². The van der Waals surface area contributed by atoms with Gasteiger partial charge in [0.1, 0.15) is 5.69 Å². The topological polar surface area (TPSA) is 40.5 Å². The van der Waals surface area contributed by atoms with Gasteiger partial charge in [0.25, 0.3) is 0 Å². The summed E-state index contributed by atoms with van der Waals surface area (Å²) >= 11 is 0. The Morgan fingerprint density at radius 2 is 1.42 bits per heavy atom. The predicted molar refractivity (Wildman–Crippen MR) is 54.2 cm³/mol. The summed E-state index contributed by atoms with van der Waals surface area (Å²) in [6.07, 6.45) is -0.216. The van der Waals surface area contributed by atoms with E-state index in [0.717, 1.165) is 4.90 Å². The number of nitrogens with zero attached hydrogens (tertiary/aromatic N) is 1. The van der Waals surface area contributed by atoms with Crippen molar-refractivity contribution in [1.82, 2.24) is 0 Å². The summed E-state index contributed by atoms with van der Waals surface area (Å²) in [6.45, 7) is -0.130. The van der Waals surface area contributed by atoms with Crippen LogP contribution in [0.15, 0.2) is 0 Å². The van der Waals surface area contributed by atoms with E-state index in [4.69, 9.17) is 5.11 Å². The molecule has 0 aromatic heterocycles. The normalized spacial score (nSPS) is 15.5. The van der Waals surface area contributed by atoms with Crippen LogP contribution in [0.3, 0.4) is 0 Å². The van der Waals surface area contributed by atoms with Crippen molar-refractivity contribution in [2.75, 3.05) is 18.0 Å². The molecule has 1 N–H and O–H groups in total. The van der Waals surface area contributed by atoms with E-state index in [9.17, 15) is 26.7 Å². The van der Waals surface area contributed by atoms with Crippen molar-refractivity contribution in [2.24, 2.45) is 5.92 Å². The number of rotatable bonds is 3. The summed E-state index contributed by atoms with van der Waals surface area (Å²) in [6, 6.07) is 0. The molecule has 0 aliphatic carbocycles. The molecule has 0 radical (unpaired) electrons. The Morgan fingerprint density at radius 3 is 1.84 bits per heavy atom. The van der Waals surface area contributed by atoms with Crippen LogP contribution in [0, 0.1) is 35.0 Å². The molecule has 0 bridgehead atoms. The number of carboxylic acid groups (broad SMARTS) is 1. The SMILES string of the molecule is O=C(O)CC1CN(c2c(F)c(F)c(F)c(F)c2F)C1. The molecule has 0 unspecified atom stereocenters. The van der Waals surface area contributed by atoms with Crippen LogP contribution >= 0.6 is 0 Å². The fraction of sp³-hybridized carbons (Fsp3) is 0.364. The molecule has 1 heterocycles. The standard InChI is InChI=1S/C11H8F5NO2/c12-6-7(13)9(15)11(10(16)8(6)14)17-2-4(3-17)1-5(18)19/h4H,1-3H2,(H,18,19). The largest absolute Gasteiger partial charge is 0.481 e. The third kappa shape index (κ3) is 2.22. The van der Waals surface area contributed by atoms with Gasteiger partial charge >= 0.3 is 5.97 Å². The van der Waals surface area contributed by atoms with Gasteiger partial charge in [0.2, 0.25) is 5.82 Å². The Hall–Kier alpha value is -1.86. The van der Waals surface area contributed by atoms with Crippen LogP contribution in [-0.4, -0.2) is 24.2 Å². The molecule has 2 rings (SSSR count). The van der Waals surface area contributed by atoms with E-state index >= 15 is 0 Å². The molecule has 0 spiro atoms. The zero-order valence-corrected chi connectivity index (χ0v) is 9.39. The number of halogens is 5. The van der Waals surface area contributed by atoms with Gasteiger partial charge in [0.15, 0.2) is 23.3 Å². The lowest BCUT2D eigenvalue weighted by Crippen LogP contribution is -2.48. The van der Waals surface area contributed by atoms with Crippen molar-refractivity contribution in [3.05, 3.63) is 29.1 Å². The van der Waals surface area contributed by atoms with Crippen molar-refractivity contribution in [3.8, 4) is 0 Å². The number of aliphatic carboxylic acids is 1. The van der Waals surface area contributed by atoms with Crippen LogP contribution in [0.5, 0.6) is 0 Å². The summed E-state index contributed by atoms with van der Waals surface area (Å²) in [4.78, 5) is 11.3. The van der Waals surface area contributed by atoms with Crippen molar-refractivity contribution < 1.29 is 31.9 Å². The van der Waals surface area contributed by atoms with Gasteiger partial charge in [-0.15, -0.1) is 0 Å². The summed E-state index contributed by atoms with van der Waals surface area (Å²) in [7, 11) is 0. The molecular formula is C11H8F5NO2. The number of carbonyl (C=O) groups is 1. The molecule has 1 saturated heterocycles. The Morgan fingerprint density at radius 1 is 1.00 bits per heavy atom. The van der Waals surface area contributed by atoms with Gasteiger partial charge in [-0.3, -0.25) is 4.79 Å². The molecule has 0 saturated carbocycles. The van der Waals surface area contributed by atoms with Crippen LogP contribution in [0.25, 0.3) is 0 Å². The smallest absolute Gasteiger partial charge is 0.303 e. The second-order valence-electron chi connectivity index (χ2n) is 4.29. The minimum absolute atomic E-state index is 0.0648. The summed E-state index contributed by atoms with van der Waals surface area (Å²) in [5, 5.41) is 8.50. The number of hydrogen-bond acceptors (Lipinski definition) is 2. The Kier molecular flexibility index (Phi) is 3.34. The first-order valence-corrected chi connectivity index (χ1v) is 5.31. The zero-order chi connectivity index (χ0) is 14.3. The maximum Gasteiger partial charge on any atom is 0.303 e. The van der Waals surface area contributed by atoms with Gasteiger partial charge in [-0.05, 0) is 0 Å². The average Bonchev–Trinajstić information content (AvgIpc) is 2.30. The molecule has 19 heavy (non-hydrogen) atoms. The summed E-state index contributed by atoms with van der Waals surface area (Å²) in [5.74, 6) is -11.5. The third-order valence-electron chi connectivity index (χ3n) is 2.92. The van der Waals surface area contributed by atoms with E-state index in [1.54, 1.807) is 0 Å². The maximum absolute atomic E-state index is 13.4.